The molecule has 0 spiro atoms. The highest BCUT2D eigenvalue weighted by Gasteiger charge is 2.43. The fourth-order valence-electron chi connectivity index (χ4n) is 11.4. The number of carbonyl (C=O) groups is 3. The van der Waals surface area contributed by atoms with Crippen LogP contribution in [0.4, 0.5) is 24.7 Å². The summed E-state index contributed by atoms with van der Waals surface area (Å²) in [5.74, 6) is -0.224. The Kier molecular flexibility index (Phi) is 10.4. The minimum absolute atomic E-state index is 0.0384. The largest absolute Gasteiger partial charge is 0.374 e. The van der Waals surface area contributed by atoms with Crippen LogP contribution in [-0.4, -0.2) is 131 Å². The first-order chi connectivity index (χ1) is 31.0. The van der Waals surface area contributed by atoms with Gasteiger partial charge in [0.1, 0.15) is 23.6 Å². The van der Waals surface area contributed by atoms with Crippen LogP contribution in [0, 0.1) is 5.92 Å². The zero-order valence-electron chi connectivity index (χ0n) is 35.5. The molecule has 1 aliphatic carbocycles. The number of nitrogens with one attached hydrogen (secondary N) is 2. The van der Waals surface area contributed by atoms with Crippen LogP contribution in [0.5, 0.6) is 0 Å². The average Bonchev–Trinajstić information content (AvgIpc) is 4.12. The van der Waals surface area contributed by atoms with Crippen LogP contribution >= 0.6 is 0 Å². The van der Waals surface area contributed by atoms with Gasteiger partial charge in [-0.1, -0.05) is 12.1 Å². The van der Waals surface area contributed by atoms with Crippen molar-refractivity contribution in [3.8, 4) is 0 Å². The molecule has 1 aromatic carbocycles. The van der Waals surface area contributed by atoms with Gasteiger partial charge in [0, 0.05) is 70.5 Å². The lowest BCUT2D eigenvalue weighted by atomic mass is 9.84. The second kappa shape index (κ2) is 16.1. The van der Waals surface area contributed by atoms with Crippen LogP contribution in [0.1, 0.15) is 97.4 Å². The molecule has 3 amide bonds. The topological polar surface area (TPSA) is 169 Å². The van der Waals surface area contributed by atoms with Crippen molar-refractivity contribution in [2.75, 3.05) is 56.1 Å². The Morgan fingerprint density at radius 2 is 1.84 bits per heavy atom. The summed E-state index contributed by atoms with van der Waals surface area (Å²) in [5.41, 5.74) is 2.11. The monoisotopic (exact) mass is 884 g/mol. The predicted octanol–water partition coefficient (Wildman–Crippen LogP) is 3.97. The highest BCUT2D eigenvalue weighted by Crippen LogP contribution is 2.39. The van der Waals surface area contributed by atoms with E-state index in [-0.39, 0.29) is 65.8 Å². The van der Waals surface area contributed by atoms with Crippen molar-refractivity contribution in [1.29, 1.82) is 0 Å². The van der Waals surface area contributed by atoms with Crippen LogP contribution in [0.15, 0.2) is 47.7 Å². The molecule has 2 bridgehead atoms. The van der Waals surface area contributed by atoms with E-state index in [1.165, 1.54) is 21.5 Å². The number of halogens is 3. The number of likely N-dealkylation sites (tertiary alicyclic amines) is 2. The molecule has 5 aromatic rings. The third kappa shape index (κ3) is 7.17. The average molecular weight is 885 g/mol. The minimum Gasteiger partial charge on any atom is -0.374 e. The molecule has 4 aromatic heterocycles. The zero-order chi connectivity index (χ0) is 44.0. The van der Waals surface area contributed by atoms with Crippen LogP contribution in [0.2, 0.25) is 0 Å². The first kappa shape index (κ1) is 41.1. The molecule has 5 atom stereocenters. The molecular formula is C44H51F3N12O5. The molecule has 1 saturated carbocycles. The molecule has 11 rings (SSSR count). The number of anilines is 2. The number of piperidine rings is 2. The third-order valence-corrected chi connectivity index (χ3v) is 14.8. The van der Waals surface area contributed by atoms with Gasteiger partial charge >= 0.3 is 5.69 Å². The molecule has 338 valence electrons. The number of hydrogen-bond donors (Lipinski definition) is 2. The second-order valence-electron chi connectivity index (χ2n) is 18.6. The Hall–Kier alpha value is -5.60. The first-order valence-electron chi connectivity index (χ1n) is 22.5. The van der Waals surface area contributed by atoms with Crippen LogP contribution in [0.25, 0.3) is 16.7 Å². The van der Waals surface area contributed by atoms with Gasteiger partial charge in [0.05, 0.1) is 47.7 Å². The summed E-state index contributed by atoms with van der Waals surface area (Å²) in [7, 11) is 1.71. The van der Waals surface area contributed by atoms with Crippen molar-refractivity contribution in [2.45, 2.75) is 100 Å². The van der Waals surface area contributed by atoms with Gasteiger partial charge in [-0.25, -0.2) is 27.5 Å². The Labute approximate surface area is 365 Å². The van der Waals surface area contributed by atoms with E-state index in [1.807, 2.05) is 24.3 Å². The number of amides is 3. The Balaban J connectivity index is 0.680. The molecule has 6 fully saturated rings. The molecule has 17 nitrogen and oxygen atoms in total. The summed E-state index contributed by atoms with van der Waals surface area (Å²) in [6.45, 7) is 4.60. The van der Waals surface area contributed by atoms with Gasteiger partial charge in [0.15, 0.2) is 11.3 Å². The van der Waals surface area contributed by atoms with E-state index in [2.05, 4.69) is 35.5 Å². The molecule has 5 saturated heterocycles. The van der Waals surface area contributed by atoms with Crippen LogP contribution in [0.3, 0.4) is 0 Å². The number of para-hydroxylation sites is 1. The van der Waals surface area contributed by atoms with Gasteiger partial charge in [-0.05, 0) is 75.1 Å². The summed E-state index contributed by atoms with van der Waals surface area (Å²) >= 11 is 0. The quantitative estimate of drug-likeness (QED) is 0.195. The standard InChI is InChI=1S/C44H51F3N12O5/c1-53-39-29(3-2-4-34(39)59(44(53)63)35-9-10-37(60)51-43(35)62)25-18-55(19-25)33-11-13-54(21-31(33)45)17-24-5-7-26(8-6-24)58-22-32(38(52-58)40(46)47)49-42(61)30-16-48-57-14-12-36(50-41(30)57)56-20-28-15-27(56)23-64-28/h2-4,12,14,16,22,24-28,31,33,35,40H,5-11,13,15,17-21,23H2,1H3,(H,49,61)(H,51,60,62)/t24?,26?,27-,28-,31-,33-,35?/m1/s1. The molecule has 5 aliphatic heterocycles. The number of fused-ring (bicyclic) bond motifs is 4. The maximum atomic E-state index is 15.9. The van der Waals surface area contributed by atoms with Gasteiger partial charge in [-0.2, -0.15) is 10.2 Å². The second-order valence-corrected chi connectivity index (χ2v) is 18.6. The van der Waals surface area contributed by atoms with Gasteiger partial charge in [0.2, 0.25) is 11.8 Å². The molecule has 0 radical (unpaired) electrons. The maximum absolute atomic E-state index is 15.9. The summed E-state index contributed by atoms with van der Waals surface area (Å²) in [6, 6.07) is 6.77. The number of benzene rings is 1. The Morgan fingerprint density at radius 3 is 2.58 bits per heavy atom. The maximum Gasteiger partial charge on any atom is 0.329 e. The van der Waals surface area contributed by atoms with Crippen LogP contribution < -0.4 is 21.2 Å². The molecule has 20 heteroatoms. The first-order valence-corrected chi connectivity index (χ1v) is 22.5. The number of hydrogen-bond acceptors (Lipinski definition) is 11. The van der Waals surface area contributed by atoms with E-state index in [1.54, 1.807) is 22.5 Å². The van der Waals surface area contributed by atoms with Gasteiger partial charge in [0.25, 0.3) is 12.3 Å². The molecule has 2 N–H and O–H groups in total. The highest BCUT2D eigenvalue weighted by atomic mass is 19.3. The van der Waals surface area contributed by atoms with E-state index in [9.17, 15) is 28.0 Å². The van der Waals surface area contributed by atoms with Crippen molar-refractivity contribution < 1.29 is 32.3 Å². The predicted molar refractivity (Wildman–Crippen MR) is 227 cm³/mol. The lowest BCUT2D eigenvalue weighted by Crippen LogP contribution is -2.59. The summed E-state index contributed by atoms with van der Waals surface area (Å²) in [4.78, 5) is 62.8. The number of nitrogens with zero attached hydrogens (tertiary/aromatic N) is 10. The van der Waals surface area contributed by atoms with E-state index in [4.69, 9.17) is 9.72 Å². The number of ether oxygens (including phenoxy) is 1. The molecular weight excluding hydrogens is 834 g/mol. The fraction of sp³-hybridized carbons (Fsp3) is 0.568. The Morgan fingerprint density at radius 1 is 1.02 bits per heavy atom. The normalized spacial score (nSPS) is 28.1. The van der Waals surface area contributed by atoms with Crippen molar-refractivity contribution >= 4 is 45.9 Å². The van der Waals surface area contributed by atoms with Crippen molar-refractivity contribution in [2.24, 2.45) is 13.0 Å². The number of alkyl halides is 3. The number of aryl methyl sites for hydroxylation is 1. The summed E-state index contributed by atoms with van der Waals surface area (Å²) in [5, 5.41) is 13.6. The lowest BCUT2D eigenvalue weighted by molar-refractivity contribution is -0.135. The highest BCUT2D eigenvalue weighted by molar-refractivity contribution is 6.08. The molecule has 6 aliphatic rings. The summed E-state index contributed by atoms with van der Waals surface area (Å²) in [6.07, 6.45) is 6.14. The number of imidazole rings is 1. The van der Waals surface area contributed by atoms with Crippen molar-refractivity contribution in [3.05, 3.63) is 70.2 Å². The number of morpholine rings is 1. The number of imide groups is 1. The number of rotatable bonds is 10. The fourth-order valence-corrected chi connectivity index (χ4v) is 11.4. The van der Waals surface area contributed by atoms with Crippen LogP contribution in [-0.2, 0) is 21.4 Å². The Bertz CT molecular complexity index is 2700. The van der Waals surface area contributed by atoms with Crippen molar-refractivity contribution in [1.82, 2.24) is 48.6 Å². The smallest absolute Gasteiger partial charge is 0.329 e. The molecule has 9 heterocycles. The van der Waals surface area contributed by atoms with E-state index in [0.717, 1.165) is 68.6 Å². The van der Waals surface area contributed by atoms with Gasteiger partial charge < -0.3 is 19.9 Å². The molecule has 1 unspecified atom stereocenters. The number of carbonyl (C=O) groups excluding carboxylic acids is 3. The third-order valence-electron chi connectivity index (χ3n) is 14.8. The minimum atomic E-state index is -2.89. The number of aromatic nitrogens is 7. The van der Waals surface area contributed by atoms with Gasteiger partial charge in [-0.3, -0.25) is 38.4 Å². The molecule has 64 heavy (non-hydrogen) atoms. The summed E-state index contributed by atoms with van der Waals surface area (Å²) < 4.78 is 56.5. The van der Waals surface area contributed by atoms with E-state index >= 15 is 4.39 Å². The van der Waals surface area contributed by atoms with Gasteiger partial charge in [-0.15, -0.1) is 0 Å². The van der Waals surface area contributed by atoms with E-state index < -0.39 is 36.1 Å². The lowest BCUT2D eigenvalue weighted by Gasteiger charge is -2.49. The van der Waals surface area contributed by atoms with E-state index in [0.29, 0.717) is 49.7 Å². The SMILES string of the molecule is Cn1c(=O)n(C2CCC(=O)NC2=O)c2cccc(C3CN([C@@H]4CCN(CC5CCC(n6cc(NC(=O)c7cnn8ccc(N9C[C@H]%10C[C@@H]9CO%10)nc78)c(C(F)F)n6)CC5)C[C@H]4F)C3)c21. The van der Waals surface area contributed by atoms with Crippen molar-refractivity contribution in [3.63, 3.8) is 0 Å². The zero-order valence-corrected chi connectivity index (χ0v) is 35.5.